The zero-order valence-electron chi connectivity index (χ0n) is 8.92. The Labute approximate surface area is 84.9 Å². The van der Waals surface area contributed by atoms with Crippen LogP contribution in [0.5, 0.6) is 0 Å². The summed E-state index contributed by atoms with van der Waals surface area (Å²) < 4.78 is 0. The lowest BCUT2D eigenvalue weighted by molar-refractivity contribution is -0.120. The number of hydrogen-bond acceptors (Lipinski definition) is 3. The van der Waals surface area contributed by atoms with Crippen LogP contribution in [0.25, 0.3) is 0 Å². The molecule has 14 heavy (non-hydrogen) atoms. The lowest BCUT2D eigenvalue weighted by Gasteiger charge is -2.12. The van der Waals surface area contributed by atoms with Crippen molar-refractivity contribution < 1.29 is 4.79 Å². The molecule has 0 rings (SSSR count). The van der Waals surface area contributed by atoms with Gasteiger partial charge in [-0.1, -0.05) is 6.92 Å². The molecule has 0 bridgehead atoms. The van der Waals surface area contributed by atoms with Crippen molar-refractivity contribution in [1.29, 1.82) is 0 Å². The molecule has 0 aliphatic heterocycles. The van der Waals surface area contributed by atoms with Crippen LogP contribution in [0.4, 0.5) is 0 Å². The molecule has 1 atom stereocenters. The maximum absolute atomic E-state index is 11.3. The first-order chi connectivity index (χ1) is 6.61. The molecule has 0 amide bonds. The van der Waals surface area contributed by atoms with E-state index in [9.17, 15) is 4.79 Å². The number of nitrogens with two attached hydrogens (primary N) is 2. The maximum atomic E-state index is 11.3. The number of hydrogen-bond donors (Lipinski definition) is 3. The van der Waals surface area contributed by atoms with Gasteiger partial charge in [-0.05, 0) is 19.9 Å². The van der Waals surface area contributed by atoms with E-state index in [0.29, 0.717) is 13.0 Å². The van der Waals surface area contributed by atoms with Crippen molar-refractivity contribution in [3.8, 4) is 0 Å². The van der Waals surface area contributed by atoms with Gasteiger partial charge in [0, 0.05) is 13.0 Å². The molecule has 0 spiro atoms. The third-order valence-corrected chi connectivity index (χ3v) is 2.03. The SMILES string of the molecule is CCC(=O)[C@H](CCCN=C(N)N)NC. The van der Waals surface area contributed by atoms with Crippen LogP contribution in [0.2, 0.25) is 0 Å². The minimum absolute atomic E-state index is 0.0609. The molecule has 82 valence electrons. The van der Waals surface area contributed by atoms with Crippen LogP contribution in [-0.2, 0) is 4.79 Å². The molecule has 0 aromatic rings. The molecule has 0 heterocycles. The lowest BCUT2D eigenvalue weighted by Crippen LogP contribution is -2.33. The van der Waals surface area contributed by atoms with E-state index >= 15 is 0 Å². The number of nitrogens with one attached hydrogen (secondary N) is 1. The summed E-state index contributed by atoms with van der Waals surface area (Å²) in [6, 6.07) is -0.0609. The van der Waals surface area contributed by atoms with E-state index in [1.165, 1.54) is 0 Å². The summed E-state index contributed by atoms with van der Waals surface area (Å²) >= 11 is 0. The van der Waals surface area contributed by atoms with Gasteiger partial charge in [-0.2, -0.15) is 0 Å². The van der Waals surface area contributed by atoms with E-state index in [4.69, 9.17) is 11.5 Å². The molecular formula is C9H20N4O. The monoisotopic (exact) mass is 200 g/mol. The Morgan fingerprint density at radius 1 is 1.50 bits per heavy atom. The highest BCUT2D eigenvalue weighted by Gasteiger charge is 2.12. The predicted molar refractivity (Wildman–Crippen MR) is 58.1 cm³/mol. The molecule has 5 nitrogen and oxygen atoms in total. The Morgan fingerprint density at radius 3 is 2.57 bits per heavy atom. The fourth-order valence-electron chi connectivity index (χ4n) is 1.22. The summed E-state index contributed by atoms with van der Waals surface area (Å²) in [6.45, 7) is 2.44. The van der Waals surface area contributed by atoms with Gasteiger partial charge in [0.1, 0.15) is 5.78 Å². The van der Waals surface area contributed by atoms with Gasteiger partial charge < -0.3 is 16.8 Å². The van der Waals surface area contributed by atoms with Crippen molar-refractivity contribution in [3.63, 3.8) is 0 Å². The Hall–Kier alpha value is -1.10. The van der Waals surface area contributed by atoms with Gasteiger partial charge in [0.05, 0.1) is 6.04 Å². The number of nitrogens with zero attached hydrogens (tertiary/aromatic N) is 1. The van der Waals surface area contributed by atoms with E-state index in [0.717, 1.165) is 12.8 Å². The summed E-state index contributed by atoms with van der Waals surface area (Å²) in [5.74, 6) is 0.338. The second-order valence-corrected chi connectivity index (χ2v) is 3.11. The average Bonchev–Trinajstić information content (AvgIpc) is 2.16. The molecular weight excluding hydrogens is 180 g/mol. The van der Waals surface area contributed by atoms with E-state index in [2.05, 4.69) is 10.3 Å². The van der Waals surface area contributed by atoms with E-state index in [1.54, 1.807) is 7.05 Å². The van der Waals surface area contributed by atoms with Crippen molar-refractivity contribution in [1.82, 2.24) is 5.32 Å². The van der Waals surface area contributed by atoms with Crippen LogP contribution < -0.4 is 16.8 Å². The molecule has 0 unspecified atom stereocenters. The molecule has 0 radical (unpaired) electrons. The Kier molecular flexibility index (Phi) is 6.74. The first kappa shape index (κ1) is 12.9. The summed E-state index contributed by atoms with van der Waals surface area (Å²) in [4.78, 5) is 15.2. The molecule has 5 N–H and O–H groups in total. The van der Waals surface area contributed by atoms with Crippen LogP contribution in [0.3, 0.4) is 0 Å². The van der Waals surface area contributed by atoms with Crippen molar-refractivity contribution >= 4 is 11.7 Å². The highest BCUT2D eigenvalue weighted by Crippen LogP contribution is 2.00. The van der Waals surface area contributed by atoms with Gasteiger partial charge in [-0.25, -0.2) is 0 Å². The number of carbonyl (C=O) groups is 1. The van der Waals surface area contributed by atoms with Crippen LogP contribution in [0.15, 0.2) is 4.99 Å². The first-order valence-electron chi connectivity index (χ1n) is 4.87. The Balaban J connectivity index is 3.74. The van der Waals surface area contributed by atoms with Gasteiger partial charge in [0.2, 0.25) is 0 Å². The van der Waals surface area contributed by atoms with E-state index in [1.807, 2.05) is 6.92 Å². The predicted octanol–water partition coefficient (Wildman–Crippen LogP) is -0.393. The number of guanidine groups is 1. The molecule has 0 aliphatic carbocycles. The van der Waals surface area contributed by atoms with Gasteiger partial charge in [-0.15, -0.1) is 0 Å². The topological polar surface area (TPSA) is 93.5 Å². The van der Waals surface area contributed by atoms with Crippen molar-refractivity contribution in [2.45, 2.75) is 32.2 Å². The highest BCUT2D eigenvalue weighted by molar-refractivity contribution is 5.83. The summed E-state index contributed by atoms with van der Waals surface area (Å²) in [7, 11) is 1.79. The third-order valence-electron chi connectivity index (χ3n) is 2.03. The second-order valence-electron chi connectivity index (χ2n) is 3.11. The maximum Gasteiger partial charge on any atom is 0.185 e. The number of likely N-dealkylation sites (N-methyl/N-ethyl adjacent to an activating group) is 1. The number of Topliss-reactive ketones (excluding diaryl/α,β-unsaturated/α-hetero) is 1. The van der Waals surface area contributed by atoms with Crippen molar-refractivity contribution in [3.05, 3.63) is 0 Å². The minimum atomic E-state index is -0.0609. The molecule has 0 aromatic carbocycles. The van der Waals surface area contributed by atoms with Crippen LogP contribution in [0.1, 0.15) is 26.2 Å². The molecule has 0 saturated carbocycles. The van der Waals surface area contributed by atoms with Crippen molar-refractivity contribution in [2.24, 2.45) is 16.5 Å². The fourth-order valence-corrected chi connectivity index (χ4v) is 1.22. The smallest absolute Gasteiger partial charge is 0.185 e. The normalized spacial score (nSPS) is 12.1. The van der Waals surface area contributed by atoms with Gasteiger partial charge in [-0.3, -0.25) is 9.79 Å². The minimum Gasteiger partial charge on any atom is -0.370 e. The fraction of sp³-hybridized carbons (Fsp3) is 0.778. The molecule has 0 saturated heterocycles. The highest BCUT2D eigenvalue weighted by atomic mass is 16.1. The first-order valence-corrected chi connectivity index (χ1v) is 4.87. The summed E-state index contributed by atoms with van der Waals surface area (Å²) in [6.07, 6.45) is 2.16. The number of ketones is 1. The summed E-state index contributed by atoms with van der Waals surface area (Å²) in [5.41, 5.74) is 10.3. The van der Waals surface area contributed by atoms with Gasteiger partial charge in [0.15, 0.2) is 5.96 Å². The quantitative estimate of drug-likeness (QED) is 0.296. The van der Waals surface area contributed by atoms with E-state index < -0.39 is 0 Å². The van der Waals surface area contributed by atoms with Gasteiger partial charge in [0.25, 0.3) is 0 Å². The average molecular weight is 200 g/mol. The third kappa shape index (κ3) is 5.53. The lowest BCUT2D eigenvalue weighted by atomic mass is 10.1. The number of aliphatic imine (C=N–C) groups is 1. The summed E-state index contributed by atoms with van der Waals surface area (Å²) in [5, 5.41) is 2.98. The molecule has 0 fully saturated rings. The standard InChI is InChI=1S/C9H20N4O/c1-3-8(14)7(12-2)5-4-6-13-9(10)11/h7,12H,3-6H2,1-2H3,(H4,10,11,13)/t7-/m0/s1. The van der Waals surface area contributed by atoms with Crippen LogP contribution >= 0.6 is 0 Å². The zero-order chi connectivity index (χ0) is 11.0. The molecule has 0 aromatic heterocycles. The van der Waals surface area contributed by atoms with Gasteiger partial charge >= 0.3 is 0 Å². The molecule has 5 heteroatoms. The van der Waals surface area contributed by atoms with E-state index in [-0.39, 0.29) is 17.8 Å². The van der Waals surface area contributed by atoms with Crippen LogP contribution in [-0.4, -0.2) is 31.4 Å². The number of carbonyl (C=O) groups excluding carboxylic acids is 1. The Morgan fingerprint density at radius 2 is 2.14 bits per heavy atom. The van der Waals surface area contributed by atoms with Crippen LogP contribution in [0, 0.1) is 0 Å². The largest absolute Gasteiger partial charge is 0.370 e. The molecule has 0 aliphatic rings. The number of rotatable bonds is 7. The Bertz CT molecular complexity index is 199. The second kappa shape index (κ2) is 7.32. The van der Waals surface area contributed by atoms with Crippen molar-refractivity contribution in [2.75, 3.05) is 13.6 Å². The zero-order valence-corrected chi connectivity index (χ0v) is 8.92.